The fourth-order valence-electron chi connectivity index (χ4n) is 3.46. The van der Waals surface area contributed by atoms with Crippen LogP contribution in [0.25, 0.3) is 0 Å². The Kier molecular flexibility index (Phi) is 5.20. The number of oxime groups is 1. The van der Waals surface area contributed by atoms with Gasteiger partial charge in [-0.05, 0) is 66.5 Å². The number of benzene rings is 1. The summed E-state index contributed by atoms with van der Waals surface area (Å²) < 4.78 is 38.8. The molecule has 2 heterocycles. The summed E-state index contributed by atoms with van der Waals surface area (Å²) in [6, 6.07) is 5.62. The van der Waals surface area contributed by atoms with Crippen molar-refractivity contribution in [3.8, 4) is 0 Å². The van der Waals surface area contributed by atoms with E-state index in [1.165, 1.54) is 12.1 Å². The Morgan fingerprint density at radius 3 is 2.33 bits per heavy atom. The standard InChI is InChI=1S/C17H20BrF3N2O/c1-11(12-2-4-14(5-3-12)17(19,20)21)23-8-6-13(7-9-23)15-10-16(18)22-24-15/h2-5,11,13,15H,6-10H2,1H3/t11-,15-/m1/s1. The fraction of sp³-hybridized carbons (Fsp3) is 0.588. The van der Waals surface area contributed by atoms with E-state index >= 15 is 0 Å². The molecule has 0 bridgehead atoms. The van der Waals surface area contributed by atoms with Crippen molar-refractivity contribution >= 4 is 20.6 Å². The predicted octanol–water partition coefficient (Wildman–Crippen LogP) is 4.98. The van der Waals surface area contributed by atoms with Gasteiger partial charge in [-0.1, -0.05) is 17.3 Å². The van der Waals surface area contributed by atoms with E-state index in [-0.39, 0.29) is 12.1 Å². The van der Waals surface area contributed by atoms with Crippen molar-refractivity contribution in [3.63, 3.8) is 0 Å². The zero-order valence-corrected chi connectivity index (χ0v) is 15.0. The number of nitrogens with zero attached hydrogens (tertiary/aromatic N) is 2. The monoisotopic (exact) mass is 404 g/mol. The summed E-state index contributed by atoms with van der Waals surface area (Å²) in [4.78, 5) is 7.77. The third kappa shape index (κ3) is 3.94. The van der Waals surface area contributed by atoms with Crippen LogP contribution in [0.2, 0.25) is 0 Å². The molecule has 132 valence electrons. The van der Waals surface area contributed by atoms with Gasteiger partial charge in [0.1, 0.15) is 10.7 Å². The molecule has 1 fully saturated rings. The predicted molar refractivity (Wildman–Crippen MR) is 90.0 cm³/mol. The van der Waals surface area contributed by atoms with E-state index in [0.717, 1.165) is 42.5 Å². The highest BCUT2D eigenvalue weighted by Gasteiger charge is 2.33. The van der Waals surface area contributed by atoms with Crippen LogP contribution >= 0.6 is 15.9 Å². The minimum absolute atomic E-state index is 0.112. The van der Waals surface area contributed by atoms with Crippen LogP contribution in [0.15, 0.2) is 29.4 Å². The van der Waals surface area contributed by atoms with Crippen molar-refractivity contribution in [2.75, 3.05) is 13.1 Å². The first-order valence-electron chi connectivity index (χ1n) is 8.14. The van der Waals surface area contributed by atoms with E-state index in [9.17, 15) is 13.2 Å². The maximum Gasteiger partial charge on any atom is 0.416 e. The molecule has 0 aromatic heterocycles. The lowest BCUT2D eigenvalue weighted by Gasteiger charge is -2.37. The molecule has 0 N–H and O–H groups in total. The van der Waals surface area contributed by atoms with Crippen LogP contribution in [0.3, 0.4) is 0 Å². The van der Waals surface area contributed by atoms with Gasteiger partial charge in [-0.3, -0.25) is 4.90 Å². The minimum Gasteiger partial charge on any atom is -0.391 e. The van der Waals surface area contributed by atoms with E-state index in [4.69, 9.17) is 4.84 Å². The maximum atomic E-state index is 12.7. The second-order valence-electron chi connectivity index (χ2n) is 6.48. The molecule has 0 amide bonds. The van der Waals surface area contributed by atoms with Crippen molar-refractivity contribution in [3.05, 3.63) is 35.4 Å². The Morgan fingerprint density at radius 1 is 1.21 bits per heavy atom. The summed E-state index contributed by atoms with van der Waals surface area (Å²) in [6.07, 6.45) is -1.25. The summed E-state index contributed by atoms with van der Waals surface area (Å²) in [7, 11) is 0. The zero-order valence-electron chi connectivity index (χ0n) is 13.4. The molecule has 2 atom stereocenters. The quantitative estimate of drug-likeness (QED) is 0.709. The number of hydrogen-bond acceptors (Lipinski definition) is 3. The zero-order chi connectivity index (χ0) is 17.3. The van der Waals surface area contributed by atoms with Gasteiger partial charge in [-0.25, -0.2) is 0 Å². The lowest BCUT2D eigenvalue weighted by molar-refractivity contribution is -0.137. The largest absolute Gasteiger partial charge is 0.416 e. The first-order chi connectivity index (χ1) is 11.3. The molecule has 0 aliphatic carbocycles. The highest BCUT2D eigenvalue weighted by atomic mass is 79.9. The van der Waals surface area contributed by atoms with Crippen molar-refractivity contribution in [1.82, 2.24) is 4.90 Å². The van der Waals surface area contributed by atoms with Crippen LogP contribution in [0, 0.1) is 5.92 Å². The molecule has 24 heavy (non-hydrogen) atoms. The molecule has 1 saturated heterocycles. The number of piperidine rings is 1. The van der Waals surface area contributed by atoms with Gasteiger partial charge in [-0.2, -0.15) is 13.2 Å². The van der Waals surface area contributed by atoms with Crippen LogP contribution in [-0.2, 0) is 11.0 Å². The minimum atomic E-state index is -4.28. The van der Waals surface area contributed by atoms with E-state index < -0.39 is 11.7 Å². The second-order valence-corrected chi connectivity index (χ2v) is 7.40. The van der Waals surface area contributed by atoms with E-state index in [1.807, 2.05) is 0 Å². The van der Waals surface area contributed by atoms with Gasteiger partial charge >= 0.3 is 6.18 Å². The van der Waals surface area contributed by atoms with Crippen molar-refractivity contribution in [2.45, 2.75) is 44.5 Å². The average Bonchev–Trinajstić information content (AvgIpc) is 3.00. The van der Waals surface area contributed by atoms with E-state index in [1.54, 1.807) is 12.1 Å². The Morgan fingerprint density at radius 2 is 1.83 bits per heavy atom. The van der Waals surface area contributed by atoms with Gasteiger partial charge in [0.15, 0.2) is 0 Å². The Labute approximate surface area is 148 Å². The average molecular weight is 405 g/mol. The second kappa shape index (κ2) is 7.04. The number of rotatable bonds is 3. The summed E-state index contributed by atoms with van der Waals surface area (Å²) in [5.74, 6) is 0.486. The van der Waals surface area contributed by atoms with Crippen LogP contribution in [0.1, 0.15) is 43.4 Å². The lowest BCUT2D eigenvalue weighted by Crippen LogP contribution is -2.39. The van der Waals surface area contributed by atoms with Crippen molar-refractivity contribution in [1.29, 1.82) is 0 Å². The molecule has 3 nitrogen and oxygen atoms in total. The summed E-state index contributed by atoms with van der Waals surface area (Å²) in [5.41, 5.74) is 0.325. The fourth-order valence-corrected chi connectivity index (χ4v) is 3.86. The van der Waals surface area contributed by atoms with Gasteiger partial charge in [0, 0.05) is 18.4 Å². The van der Waals surface area contributed by atoms with E-state index in [2.05, 4.69) is 32.9 Å². The topological polar surface area (TPSA) is 24.8 Å². The molecule has 7 heteroatoms. The van der Waals surface area contributed by atoms with Crippen LogP contribution in [0.4, 0.5) is 13.2 Å². The summed E-state index contributed by atoms with van der Waals surface area (Å²) in [5, 5.41) is 3.95. The number of halogens is 4. The molecule has 0 saturated carbocycles. The Hall–Kier alpha value is -1.08. The van der Waals surface area contributed by atoms with Gasteiger partial charge in [0.05, 0.1) is 5.56 Å². The molecule has 1 aromatic carbocycles. The smallest absolute Gasteiger partial charge is 0.391 e. The molecule has 1 aromatic rings. The lowest BCUT2D eigenvalue weighted by atomic mass is 9.89. The van der Waals surface area contributed by atoms with Gasteiger partial charge in [-0.15, -0.1) is 0 Å². The SMILES string of the molecule is C[C@H](c1ccc(C(F)(F)F)cc1)N1CCC([C@H]2CC(Br)=NO2)CC1. The molecular formula is C17H20BrF3N2O. The Bertz CT molecular complexity index is 595. The first kappa shape index (κ1) is 17.7. The maximum absolute atomic E-state index is 12.7. The van der Waals surface area contributed by atoms with Gasteiger partial charge < -0.3 is 4.84 Å². The molecule has 0 unspecified atom stereocenters. The van der Waals surface area contributed by atoms with E-state index in [0.29, 0.717) is 5.92 Å². The third-order valence-electron chi connectivity index (χ3n) is 5.02. The van der Waals surface area contributed by atoms with Gasteiger partial charge in [0.2, 0.25) is 0 Å². The highest BCUT2D eigenvalue weighted by Crippen LogP contribution is 2.34. The molecule has 0 radical (unpaired) electrons. The molecule has 0 spiro atoms. The van der Waals surface area contributed by atoms with Crippen LogP contribution in [0.5, 0.6) is 0 Å². The van der Waals surface area contributed by atoms with Crippen LogP contribution in [-0.4, -0.2) is 28.7 Å². The summed E-state index contributed by atoms with van der Waals surface area (Å²) in [6.45, 7) is 3.89. The molecule has 2 aliphatic heterocycles. The molecule has 2 aliphatic rings. The number of hydrogen-bond donors (Lipinski definition) is 0. The number of likely N-dealkylation sites (tertiary alicyclic amines) is 1. The van der Waals surface area contributed by atoms with Crippen LogP contribution < -0.4 is 0 Å². The molecular weight excluding hydrogens is 385 g/mol. The number of alkyl halides is 3. The third-order valence-corrected chi connectivity index (χ3v) is 5.49. The first-order valence-corrected chi connectivity index (χ1v) is 8.93. The van der Waals surface area contributed by atoms with Gasteiger partial charge in [0.25, 0.3) is 0 Å². The van der Waals surface area contributed by atoms with Crippen molar-refractivity contribution < 1.29 is 18.0 Å². The Balaban J connectivity index is 1.56. The summed E-state index contributed by atoms with van der Waals surface area (Å²) >= 11 is 3.37. The normalized spacial score (nSPS) is 24.5. The van der Waals surface area contributed by atoms with Crippen molar-refractivity contribution in [2.24, 2.45) is 11.1 Å². The molecule has 3 rings (SSSR count). The highest BCUT2D eigenvalue weighted by molar-refractivity contribution is 9.18.